The molecule has 0 radical (unpaired) electrons. The van der Waals surface area contributed by atoms with E-state index in [9.17, 15) is 4.79 Å². The Balaban J connectivity index is 1.95. The molecule has 136 valence electrons. The second-order valence-electron chi connectivity index (χ2n) is 6.75. The number of benzene rings is 2. The van der Waals surface area contributed by atoms with Gasteiger partial charge in [0.2, 0.25) is 0 Å². The average molecular weight is 350 g/mol. The maximum absolute atomic E-state index is 13.1. The lowest BCUT2D eigenvalue weighted by molar-refractivity contribution is 0.100. The van der Waals surface area contributed by atoms with Crippen LogP contribution in [0.1, 0.15) is 40.7 Å². The number of methoxy groups -OCH3 is 1. The fourth-order valence-electron chi connectivity index (χ4n) is 3.43. The summed E-state index contributed by atoms with van der Waals surface area (Å²) < 4.78 is 5.54. The minimum absolute atomic E-state index is 0.0988. The van der Waals surface area contributed by atoms with Gasteiger partial charge < -0.3 is 9.64 Å². The summed E-state index contributed by atoms with van der Waals surface area (Å²) in [5.41, 5.74) is 3.85. The fourth-order valence-corrected chi connectivity index (χ4v) is 3.43. The number of para-hydroxylation sites is 2. The molecule has 0 amide bonds. The number of carbonyl (C=O) groups excluding carboxylic acids is 1. The van der Waals surface area contributed by atoms with Crippen molar-refractivity contribution < 1.29 is 9.53 Å². The van der Waals surface area contributed by atoms with Gasteiger partial charge in [-0.15, -0.1) is 0 Å². The number of aliphatic imine (C=N–C) groups is 1. The van der Waals surface area contributed by atoms with Gasteiger partial charge in [-0.05, 0) is 44.4 Å². The van der Waals surface area contributed by atoms with Crippen molar-refractivity contribution in [2.45, 2.75) is 33.1 Å². The molecule has 3 rings (SSSR count). The first kappa shape index (κ1) is 18.2. The summed E-state index contributed by atoms with van der Waals surface area (Å²) in [5.74, 6) is 1.83. The van der Waals surface area contributed by atoms with Crippen LogP contribution in [0.2, 0.25) is 0 Å². The zero-order valence-corrected chi connectivity index (χ0v) is 15.8. The molecule has 4 heteroatoms. The Kier molecular flexibility index (Phi) is 5.71. The topological polar surface area (TPSA) is 41.9 Å². The Morgan fingerprint density at radius 2 is 1.96 bits per heavy atom. The second kappa shape index (κ2) is 8.17. The summed E-state index contributed by atoms with van der Waals surface area (Å²) in [6.45, 7) is 5.12. The van der Waals surface area contributed by atoms with E-state index in [2.05, 4.69) is 6.07 Å². The zero-order chi connectivity index (χ0) is 18.5. The first-order valence-electron chi connectivity index (χ1n) is 9.14. The van der Waals surface area contributed by atoms with Gasteiger partial charge in [0.1, 0.15) is 11.6 Å². The standard InChI is InChI=1S/C22H26N2O2/c1-16-11-12-18(17(2)14-16)20(25)15-24(22-10-6-7-13-23-22)19-8-4-5-9-21(19)26-3/h4-5,8-9,11-12,14H,6-7,10,13,15H2,1-3H3. The Bertz CT molecular complexity index is 827. The van der Waals surface area contributed by atoms with E-state index in [4.69, 9.17) is 9.73 Å². The van der Waals surface area contributed by atoms with Crippen LogP contribution in [0.25, 0.3) is 0 Å². The van der Waals surface area contributed by atoms with E-state index in [-0.39, 0.29) is 12.3 Å². The average Bonchev–Trinajstić information content (AvgIpc) is 2.66. The smallest absolute Gasteiger partial charge is 0.182 e. The lowest BCUT2D eigenvalue weighted by Crippen LogP contribution is -2.37. The lowest BCUT2D eigenvalue weighted by atomic mass is 10.0. The number of ether oxygens (including phenoxy) is 1. The van der Waals surface area contributed by atoms with Crippen LogP contribution in [-0.4, -0.2) is 31.8 Å². The number of hydrogen-bond acceptors (Lipinski definition) is 4. The zero-order valence-electron chi connectivity index (χ0n) is 15.8. The lowest BCUT2D eigenvalue weighted by Gasteiger charge is -2.29. The minimum atomic E-state index is 0.0988. The Hall–Kier alpha value is -2.62. The van der Waals surface area contributed by atoms with Gasteiger partial charge in [-0.25, -0.2) is 0 Å². The van der Waals surface area contributed by atoms with Crippen molar-refractivity contribution in [1.29, 1.82) is 0 Å². The predicted molar refractivity (Wildman–Crippen MR) is 107 cm³/mol. The maximum atomic E-state index is 13.1. The summed E-state index contributed by atoms with van der Waals surface area (Å²) >= 11 is 0. The van der Waals surface area contributed by atoms with E-state index in [0.29, 0.717) is 0 Å². The normalized spacial score (nSPS) is 13.9. The molecule has 0 bridgehead atoms. The van der Waals surface area contributed by atoms with Gasteiger partial charge in [0.25, 0.3) is 0 Å². The van der Waals surface area contributed by atoms with Gasteiger partial charge in [0, 0.05) is 18.5 Å². The highest BCUT2D eigenvalue weighted by Gasteiger charge is 2.23. The first-order valence-corrected chi connectivity index (χ1v) is 9.14. The molecular weight excluding hydrogens is 324 g/mol. The molecule has 0 saturated heterocycles. The van der Waals surface area contributed by atoms with Crippen LogP contribution in [0.3, 0.4) is 0 Å². The van der Waals surface area contributed by atoms with E-state index in [1.54, 1.807) is 7.11 Å². The number of nitrogens with zero attached hydrogens (tertiary/aromatic N) is 2. The Labute approximate surface area is 155 Å². The monoisotopic (exact) mass is 350 g/mol. The number of anilines is 1. The molecule has 2 aromatic carbocycles. The quantitative estimate of drug-likeness (QED) is 0.741. The van der Waals surface area contributed by atoms with Crippen molar-refractivity contribution in [3.63, 3.8) is 0 Å². The van der Waals surface area contributed by atoms with Crippen molar-refractivity contribution in [1.82, 2.24) is 0 Å². The molecule has 0 N–H and O–H groups in total. The van der Waals surface area contributed by atoms with Crippen LogP contribution in [0.4, 0.5) is 5.69 Å². The molecule has 0 aromatic heterocycles. The fraction of sp³-hybridized carbons (Fsp3) is 0.364. The molecule has 0 unspecified atom stereocenters. The molecule has 0 fully saturated rings. The van der Waals surface area contributed by atoms with Crippen LogP contribution in [0, 0.1) is 13.8 Å². The van der Waals surface area contributed by atoms with Gasteiger partial charge in [-0.1, -0.05) is 35.9 Å². The van der Waals surface area contributed by atoms with E-state index < -0.39 is 0 Å². The van der Waals surface area contributed by atoms with Crippen LogP contribution in [0.5, 0.6) is 5.75 Å². The van der Waals surface area contributed by atoms with Crippen molar-refractivity contribution in [3.8, 4) is 5.75 Å². The van der Waals surface area contributed by atoms with Crippen LogP contribution >= 0.6 is 0 Å². The molecule has 4 nitrogen and oxygen atoms in total. The number of rotatable bonds is 5. The first-order chi connectivity index (χ1) is 12.6. The van der Waals surface area contributed by atoms with Crippen LogP contribution in [-0.2, 0) is 0 Å². The van der Waals surface area contributed by atoms with E-state index in [1.165, 1.54) is 0 Å². The van der Waals surface area contributed by atoms with Gasteiger partial charge >= 0.3 is 0 Å². The number of Topliss-reactive ketones (excluding diaryl/α,β-unsaturated/α-hetero) is 1. The summed E-state index contributed by atoms with van der Waals surface area (Å²) in [4.78, 5) is 19.8. The van der Waals surface area contributed by atoms with Crippen molar-refractivity contribution in [3.05, 3.63) is 59.2 Å². The number of ketones is 1. The second-order valence-corrected chi connectivity index (χ2v) is 6.75. The van der Waals surface area contributed by atoms with Gasteiger partial charge in [-0.3, -0.25) is 9.79 Å². The largest absolute Gasteiger partial charge is 0.495 e. The minimum Gasteiger partial charge on any atom is -0.495 e. The molecule has 1 aliphatic heterocycles. The van der Waals surface area contributed by atoms with Gasteiger partial charge in [-0.2, -0.15) is 0 Å². The van der Waals surface area contributed by atoms with Gasteiger partial charge in [0.15, 0.2) is 5.78 Å². The summed E-state index contributed by atoms with van der Waals surface area (Å²) in [6.07, 6.45) is 3.09. The highest BCUT2D eigenvalue weighted by Crippen LogP contribution is 2.30. The summed E-state index contributed by atoms with van der Waals surface area (Å²) in [5, 5.41) is 0. The molecule has 1 heterocycles. The molecule has 0 atom stereocenters. The molecule has 2 aromatic rings. The Morgan fingerprint density at radius 1 is 1.15 bits per heavy atom. The third-order valence-corrected chi connectivity index (χ3v) is 4.77. The number of hydrogen-bond donors (Lipinski definition) is 0. The predicted octanol–water partition coefficient (Wildman–Crippen LogP) is 4.58. The third kappa shape index (κ3) is 3.96. The molecule has 1 aliphatic rings. The van der Waals surface area contributed by atoms with Crippen molar-refractivity contribution in [2.75, 3.05) is 25.1 Å². The van der Waals surface area contributed by atoms with Crippen molar-refractivity contribution in [2.24, 2.45) is 4.99 Å². The van der Waals surface area contributed by atoms with Crippen molar-refractivity contribution >= 4 is 17.3 Å². The molecular formula is C22H26N2O2. The molecule has 0 saturated carbocycles. The third-order valence-electron chi connectivity index (χ3n) is 4.77. The van der Waals surface area contributed by atoms with Crippen LogP contribution < -0.4 is 9.64 Å². The highest BCUT2D eigenvalue weighted by molar-refractivity contribution is 6.08. The molecule has 0 spiro atoms. The maximum Gasteiger partial charge on any atom is 0.182 e. The molecule has 26 heavy (non-hydrogen) atoms. The number of aryl methyl sites for hydroxylation is 2. The highest BCUT2D eigenvalue weighted by atomic mass is 16.5. The SMILES string of the molecule is COc1ccccc1N(CC(=O)c1ccc(C)cc1C)C1=NCCCC1. The van der Waals surface area contributed by atoms with E-state index in [0.717, 1.165) is 59.8 Å². The number of amidine groups is 1. The number of carbonyl (C=O) groups is 1. The summed E-state index contributed by atoms with van der Waals surface area (Å²) in [7, 11) is 1.66. The summed E-state index contributed by atoms with van der Waals surface area (Å²) in [6, 6.07) is 13.8. The molecule has 0 aliphatic carbocycles. The van der Waals surface area contributed by atoms with E-state index in [1.807, 2.05) is 55.1 Å². The van der Waals surface area contributed by atoms with E-state index >= 15 is 0 Å². The van der Waals surface area contributed by atoms with Crippen LogP contribution in [0.15, 0.2) is 47.5 Å². The Morgan fingerprint density at radius 3 is 2.65 bits per heavy atom. The van der Waals surface area contributed by atoms with Gasteiger partial charge in [0.05, 0.1) is 19.3 Å².